The third kappa shape index (κ3) is 7.90. The highest BCUT2D eigenvalue weighted by molar-refractivity contribution is 6.33. The fourth-order valence-corrected chi connectivity index (χ4v) is 7.93. The number of aliphatic hydroxyl groups is 1. The van der Waals surface area contributed by atoms with E-state index in [1.807, 2.05) is 54.4 Å². The van der Waals surface area contributed by atoms with Crippen LogP contribution in [0.1, 0.15) is 82.4 Å². The number of fused-ring (bicyclic) bond motifs is 1. The van der Waals surface area contributed by atoms with Gasteiger partial charge in [0, 0.05) is 42.4 Å². The highest BCUT2D eigenvalue weighted by atomic mass is 35.5. The summed E-state index contributed by atoms with van der Waals surface area (Å²) in [6, 6.07) is 13.6. The molecule has 9 nitrogen and oxygen atoms in total. The third-order valence-corrected chi connectivity index (χ3v) is 10.5. The number of carbonyl (C=O) groups is 2. The van der Waals surface area contributed by atoms with Gasteiger partial charge in [-0.05, 0) is 94.5 Å². The number of amides is 2. The van der Waals surface area contributed by atoms with Crippen molar-refractivity contribution in [2.45, 2.75) is 76.7 Å². The zero-order valence-corrected chi connectivity index (χ0v) is 29.0. The van der Waals surface area contributed by atoms with Gasteiger partial charge in [0.25, 0.3) is 0 Å². The maximum atomic E-state index is 13.9. The lowest BCUT2D eigenvalue weighted by atomic mass is 9.72. The van der Waals surface area contributed by atoms with Gasteiger partial charge in [0.05, 0.1) is 28.9 Å². The SMILES string of the molecule is CNC[C@H]1CC[C@H](C(=O)N2CCC[C@@H]([C@@](O)(CCCNC(=O)OC)c3cccc(Cl)c3-c3nc(C(C)C)c4ccccc4n3)C2)CC1. The molecular formula is C37H50ClN5O4. The predicted molar refractivity (Wildman–Crippen MR) is 186 cm³/mol. The lowest BCUT2D eigenvalue weighted by Gasteiger charge is -2.44. The normalized spacial score (nSPS) is 21.4. The second-order valence-corrected chi connectivity index (χ2v) is 14.0. The molecule has 2 aliphatic rings. The molecule has 2 amide bonds. The molecule has 1 saturated carbocycles. The summed E-state index contributed by atoms with van der Waals surface area (Å²) in [7, 11) is 3.32. The van der Waals surface area contributed by atoms with Gasteiger partial charge < -0.3 is 25.4 Å². The summed E-state index contributed by atoms with van der Waals surface area (Å²) in [5.74, 6) is 1.22. The Kier molecular flexibility index (Phi) is 11.7. The average molecular weight is 664 g/mol. The minimum Gasteiger partial charge on any atom is -0.453 e. The van der Waals surface area contributed by atoms with E-state index in [2.05, 4.69) is 24.5 Å². The Bertz CT molecular complexity index is 1540. The number of methoxy groups -OCH3 is 1. The third-order valence-electron chi connectivity index (χ3n) is 10.2. The van der Waals surface area contributed by atoms with Crippen LogP contribution < -0.4 is 10.6 Å². The van der Waals surface area contributed by atoms with E-state index in [1.54, 1.807) is 0 Å². The van der Waals surface area contributed by atoms with Crippen LogP contribution in [0.4, 0.5) is 4.79 Å². The number of halogens is 1. The van der Waals surface area contributed by atoms with Gasteiger partial charge in [0.2, 0.25) is 5.91 Å². The number of benzene rings is 2. The highest BCUT2D eigenvalue weighted by Crippen LogP contribution is 2.46. The van der Waals surface area contributed by atoms with Crippen LogP contribution in [0.2, 0.25) is 5.02 Å². The maximum absolute atomic E-state index is 13.9. The average Bonchev–Trinajstić information content (AvgIpc) is 3.09. The first-order valence-corrected chi connectivity index (χ1v) is 17.6. The molecule has 3 N–H and O–H groups in total. The van der Waals surface area contributed by atoms with Gasteiger partial charge in [0.1, 0.15) is 0 Å². The summed E-state index contributed by atoms with van der Waals surface area (Å²) in [6.45, 7) is 6.69. The number of hydrogen-bond acceptors (Lipinski definition) is 7. The van der Waals surface area contributed by atoms with E-state index in [4.69, 9.17) is 26.3 Å². The molecule has 2 heterocycles. The van der Waals surface area contributed by atoms with Gasteiger partial charge in [-0.15, -0.1) is 0 Å². The molecule has 1 aromatic heterocycles. The lowest BCUT2D eigenvalue weighted by Crippen LogP contribution is -2.50. The van der Waals surface area contributed by atoms with Crippen LogP contribution in [-0.2, 0) is 15.1 Å². The molecule has 2 atom stereocenters. The van der Waals surface area contributed by atoms with E-state index >= 15 is 0 Å². The number of piperidine rings is 1. The van der Waals surface area contributed by atoms with Crippen molar-refractivity contribution in [3.8, 4) is 11.4 Å². The Morgan fingerprint density at radius 3 is 2.57 bits per heavy atom. The van der Waals surface area contributed by atoms with Crippen molar-refractivity contribution in [1.29, 1.82) is 0 Å². The molecule has 1 saturated heterocycles. The van der Waals surface area contributed by atoms with Crippen molar-refractivity contribution < 1.29 is 19.4 Å². The predicted octanol–water partition coefficient (Wildman–Crippen LogP) is 6.66. The molecule has 0 radical (unpaired) electrons. The second kappa shape index (κ2) is 15.8. The molecular weight excluding hydrogens is 614 g/mol. The van der Waals surface area contributed by atoms with Crippen LogP contribution in [0.15, 0.2) is 42.5 Å². The van der Waals surface area contributed by atoms with Gasteiger partial charge in [-0.25, -0.2) is 14.8 Å². The maximum Gasteiger partial charge on any atom is 0.406 e. The number of hydrogen-bond donors (Lipinski definition) is 3. The van der Waals surface area contributed by atoms with Gasteiger partial charge in [-0.1, -0.05) is 55.8 Å². The zero-order valence-electron chi connectivity index (χ0n) is 28.2. The van der Waals surface area contributed by atoms with Crippen LogP contribution in [0.25, 0.3) is 22.3 Å². The molecule has 1 aliphatic carbocycles. The molecule has 5 rings (SSSR count). The number of nitrogens with zero attached hydrogens (tertiary/aromatic N) is 3. The largest absolute Gasteiger partial charge is 0.453 e. The number of rotatable bonds is 11. The van der Waals surface area contributed by atoms with Crippen molar-refractivity contribution in [2.24, 2.45) is 17.8 Å². The molecule has 3 aromatic rings. The van der Waals surface area contributed by atoms with E-state index in [-0.39, 0.29) is 23.7 Å². The van der Waals surface area contributed by atoms with Crippen molar-refractivity contribution in [1.82, 2.24) is 25.5 Å². The summed E-state index contributed by atoms with van der Waals surface area (Å²) in [4.78, 5) is 37.7. The zero-order chi connectivity index (χ0) is 33.6. The number of para-hydroxylation sites is 1. The molecule has 0 bridgehead atoms. The Labute approximate surface area is 283 Å². The Hall–Kier alpha value is -3.27. The molecule has 254 valence electrons. The first kappa shape index (κ1) is 35.0. The first-order valence-electron chi connectivity index (χ1n) is 17.2. The minimum atomic E-state index is -1.37. The minimum absolute atomic E-state index is 0.0291. The highest BCUT2D eigenvalue weighted by Gasteiger charge is 2.44. The van der Waals surface area contributed by atoms with Gasteiger partial charge in [-0.2, -0.15) is 0 Å². The van der Waals surface area contributed by atoms with Crippen LogP contribution in [-0.4, -0.2) is 72.3 Å². The summed E-state index contributed by atoms with van der Waals surface area (Å²) in [5, 5.41) is 20.5. The monoisotopic (exact) mass is 663 g/mol. The smallest absolute Gasteiger partial charge is 0.406 e. The number of nitrogens with one attached hydrogen (secondary N) is 2. The fourth-order valence-electron chi connectivity index (χ4n) is 7.67. The molecule has 10 heteroatoms. The summed E-state index contributed by atoms with van der Waals surface area (Å²) >= 11 is 6.99. The number of likely N-dealkylation sites (tertiary alicyclic amines) is 1. The number of ether oxygens (including phenoxy) is 1. The van der Waals surface area contributed by atoms with E-state index in [9.17, 15) is 14.7 Å². The summed E-state index contributed by atoms with van der Waals surface area (Å²) in [6.07, 6.45) is 5.81. The van der Waals surface area contributed by atoms with E-state index in [0.717, 1.165) is 61.7 Å². The fraction of sp³-hybridized carbons (Fsp3) is 0.568. The molecule has 0 spiro atoms. The van der Waals surface area contributed by atoms with Crippen LogP contribution in [0.5, 0.6) is 0 Å². The van der Waals surface area contributed by atoms with Gasteiger partial charge in [-0.3, -0.25) is 4.79 Å². The van der Waals surface area contributed by atoms with Crippen LogP contribution in [0.3, 0.4) is 0 Å². The molecule has 2 fully saturated rings. The van der Waals surface area contributed by atoms with Crippen molar-refractivity contribution in [3.63, 3.8) is 0 Å². The molecule has 2 aromatic carbocycles. The molecule has 47 heavy (non-hydrogen) atoms. The van der Waals surface area contributed by atoms with Crippen molar-refractivity contribution in [2.75, 3.05) is 40.3 Å². The van der Waals surface area contributed by atoms with E-state index in [0.29, 0.717) is 60.4 Å². The Morgan fingerprint density at radius 1 is 1.09 bits per heavy atom. The summed E-state index contributed by atoms with van der Waals surface area (Å²) < 4.78 is 4.77. The standard InChI is InChI=1S/C37H50ClN5O4/c1-24(2)33-28-11-5-6-14-31(28)41-34(42-33)32-29(12-7-13-30(32)38)37(46,19-9-20-40-36(45)47-4)27-10-8-21-43(23-27)35(44)26-17-15-25(16-18-26)22-39-3/h5-7,11-14,24-27,39,46H,8-10,15-23H2,1-4H3,(H,40,45)/t25-,26-,27-,37+/m1/s1. The van der Waals surface area contributed by atoms with Crippen molar-refractivity contribution in [3.05, 3.63) is 58.7 Å². The van der Waals surface area contributed by atoms with Crippen LogP contribution in [0, 0.1) is 17.8 Å². The lowest BCUT2D eigenvalue weighted by molar-refractivity contribution is -0.142. The van der Waals surface area contributed by atoms with E-state index < -0.39 is 11.7 Å². The topological polar surface area (TPSA) is 117 Å². The number of alkyl carbamates (subject to hydrolysis) is 1. The second-order valence-electron chi connectivity index (χ2n) is 13.6. The molecule has 0 unspecified atom stereocenters. The van der Waals surface area contributed by atoms with Gasteiger partial charge >= 0.3 is 6.09 Å². The Morgan fingerprint density at radius 2 is 1.85 bits per heavy atom. The number of aromatic nitrogens is 2. The first-order chi connectivity index (χ1) is 22.7. The van der Waals surface area contributed by atoms with Gasteiger partial charge in [0.15, 0.2) is 5.82 Å². The van der Waals surface area contributed by atoms with E-state index in [1.165, 1.54) is 7.11 Å². The summed E-state index contributed by atoms with van der Waals surface area (Å²) in [5.41, 5.74) is 1.63. The Balaban J connectivity index is 1.51. The molecule has 1 aliphatic heterocycles. The van der Waals surface area contributed by atoms with Crippen molar-refractivity contribution >= 4 is 34.5 Å². The quantitative estimate of drug-likeness (QED) is 0.196. The number of carbonyl (C=O) groups excluding carboxylic acids is 2. The van der Waals surface area contributed by atoms with Crippen LogP contribution >= 0.6 is 11.6 Å².